The van der Waals surface area contributed by atoms with Crippen molar-refractivity contribution < 1.29 is 33.3 Å². The minimum atomic E-state index is -1.82. The van der Waals surface area contributed by atoms with E-state index in [2.05, 4.69) is 10.2 Å². The number of amides is 1. The number of nitrogens with one attached hydrogen (secondary N) is 1. The maximum absolute atomic E-state index is 11.9. The Morgan fingerprint density at radius 1 is 1.24 bits per heavy atom. The normalized spacial score (nSPS) is 26.1. The van der Waals surface area contributed by atoms with Crippen LogP contribution in [0.15, 0.2) is 0 Å². The molecule has 25 heavy (non-hydrogen) atoms. The predicted octanol–water partition coefficient (Wildman–Crippen LogP) is 1.59. The zero-order chi connectivity index (χ0) is 19.2. The number of carbonyl (C=O) groups is 3. The Morgan fingerprint density at radius 3 is 2.32 bits per heavy atom. The quantitative estimate of drug-likeness (QED) is 0.320. The van der Waals surface area contributed by atoms with Crippen LogP contribution in [0.1, 0.15) is 13.8 Å². The molecule has 4 atom stereocenters. The molecule has 0 aromatic rings. The van der Waals surface area contributed by atoms with Gasteiger partial charge in [-0.05, 0) is 0 Å². The smallest absolute Gasteiger partial charge is 0.407 e. The van der Waals surface area contributed by atoms with Gasteiger partial charge in [-0.2, -0.15) is 0 Å². The van der Waals surface area contributed by atoms with Gasteiger partial charge in [0.2, 0.25) is 3.79 Å². The van der Waals surface area contributed by atoms with Crippen LogP contribution in [0.4, 0.5) is 4.79 Å². The van der Waals surface area contributed by atoms with Crippen LogP contribution in [0.5, 0.6) is 0 Å². The van der Waals surface area contributed by atoms with E-state index in [9.17, 15) is 14.4 Å². The van der Waals surface area contributed by atoms with Gasteiger partial charge in [-0.25, -0.2) is 11.4 Å². The predicted molar refractivity (Wildman–Crippen MR) is 86.0 cm³/mol. The highest BCUT2D eigenvalue weighted by atomic mass is 35.6. The maximum Gasteiger partial charge on any atom is 0.407 e. The highest BCUT2D eigenvalue weighted by Crippen LogP contribution is 2.26. The highest BCUT2D eigenvalue weighted by molar-refractivity contribution is 6.67. The molecule has 0 aliphatic carbocycles. The standard InChI is InChI=1S/C13H15Cl3N2O7/c1-6(19)24-8-4-22-11(17-3)9(10(8)25-7(2)20)18-12(21)23-5-13(14,15)16/h8-11H,4-5H2,1-2H3,(H,18,21)/t8-,9-,10+,11-/m1/s1. The zero-order valence-electron chi connectivity index (χ0n) is 13.2. The van der Waals surface area contributed by atoms with Gasteiger partial charge >= 0.3 is 24.3 Å². The molecule has 0 aromatic carbocycles. The van der Waals surface area contributed by atoms with Crippen molar-refractivity contribution in [3.63, 3.8) is 0 Å². The zero-order valence-corrected chi connectivity index (χ0v) is 15.4. The van der Waals surface area contributed by atoms with Gasteiger partial charge in [0, 0.05) is 13.8 Å². The van der Waals surface area contributed by atoms with Crippen molar-refractivity contribution in [2.75, 3.05) is 13.2 Å². The van der Waals surface area contributed by atoms with Crippen molar-refractivity contribution in [1.82, 2.24) is 5.32 Å². The lowest BCUT2D eigenvalue weighted by Gasteiger charge is -2.36. The Morgan fingerprint density at radius 2 is 1.84 bits per heavy atom. The summed E-state index contributed by atoms with van der Waals surface area (Å²) in [6, 6.07) is -1.16. The Labute approximate surface area is 158 Å². The summed E-state index contributed by atoms with van der Waals surface area (Å²) in [5.74, 6) is -1.35. The molecule has 1 fully saturated rings. The first-order chi connectivity index (χ1) is 11.5. The van der Waals surface area contributed by atoms with Gasteiger partial charge < -0.3 is 24.3 Å². The molecule has 0 unspecified atom stereocenters. The molecule has 0 radical (unpaired) electrons. The number of alkyl halides is 3. The summed E-state index contributed by atoms with van der Waals surface area (Å²) in [6.07, 6.45) is -4.40. The summed E-state index contributed by atoms with van der Waals surface area (Å²) in [5, 5.41) is 2.31. The van der Waals surface area contributed by atoms with Gasteiger partial charge in [0.05, 0.1) is 6.61 Å². The van der Waals surface area contributed by atoms with Gasteiger partial charge in [-0.3, -0.25) is 14.4 Å². The van der Waals surface area contributed by atoms with Crippen molar-refractivity contribution in [3.05, 3.63) is 11.4 Å². The van der Waals surface area contributed by atoms with Crippen LogP contribution in [0.25, 0.3) is 4.85 Å². The molecule has 1 amide bonds. The monoisotopic (exact) mass is 416 g/mol. The number of hydrogen-bond acceptors (Lipinski definition) is 7. The van der Waals surface area contributed by atoms with Gasteiger partial charge in [0.15, 0.2) is 18.2 Å². The van der Waals surface area contributed by atoms with Crippen LogP contribution < -0.4 is 5.32 Å². The number of carbonyl (C=O) groups excluding carboxylic acids is 3. The Balaban J connectivity index is 2.92. The maximum atomic E-state index is 11.9. The van der Waals surface area contributed by atoms with E-state index in [1.54, 1.807) is 0 Å². The fraction of sp³-hybridized carbons (Fsp3) is 0.692. The van der Waals surface area contributed by atoms with Crippen LogP contribution in [0.2, 0.25) is 0 Å². The second kappa shape index (κ2) is 9.29. The van der Waals surface area contributed by atoms with Crippen LogP contribution >= 0.6 is 34.8 Å². The number of alkyl carbamates (subject to hydrolysis) is 1. The summed E-state index contributed by atoms with van der Waals surface area (Å²) < 4.78 is 18.3. The highest BCUT2D eigenvalue weighted by Gasteiger charge is 2.49. The average molecular weight is 418 g/mol. The first-order valence-corrected chi connectivity index (χ1v) is 7.99. The summed E-state index contributed by atoms with van der Waals surface area (Å²) in [6.45, 7) is 8.70. The van der Waals surface area contributed by atoms with E-state index in [0.717, 1.165) is 13.8 Å². The largest absolute Gasteiger partial charge is 0.456 e. The van der Waals surface area contributed by atoms with Crippen LogP contribution in [-0.2, 0) is 28.5 Å². The third-order valence-electron chi connectivity index (χ3n) is 2.86. The molecule has 1 aliphatic rings. The van der Waals surface area contributed by atoms with Crippen LogP contribution in [-0.4, -0.2) is 59.5 Å². The third-order valence-corrected chi connectivity index (χ3v) is 3.18. The number of hydrogen-bond donors (Lipinski definition) is 1. The summed E-state index contributed by atoms with van der Waals surface area (Å²) in [4.78, 5) is 37.6. The molecule has 140 valence electrons. The molecule has 1 heterocycles. The van der Waals surface area contributed by atoms with E-state index >= 15 is 0 Å². The SMILES string of the molecule is [C-]#[N+][C@@H]1OC[C@@H](OC(C)=O)[C@H](OC(C)=O)[C@H]1NC(=O)OCC(Cl)(Cl)Cl. The lowest BCUT2D eigenvalue weighted by atomic mass is 10.0. The van der Waals surface area contributed by atoms with E-state index in [0.29, 0.717) is 0 Å². The van der Waals surface area contributed by atoms with E-state index in [-0.39, 0.29) is 6.61 Å². The van der Waals surface area contributed by atoms with Crippen LogP contribution in [0.3, 0.4) is 0 Å². The van der Waals surface area contributed by atoms with Gasteiger partial charge in [-0.1, -0.05) is 34.8 Å². The number of esters is 2. The topological polar surface area (TPSA) is 105 Å². The molecule has 12 heteroatoms. The molecule has 0 saturated carbocycles. The molecule has 1 N–H and O–H groups in total. The van der Waals surface area contributed by atoms with Crippen molar-refractivity contribution >= 4 is 52.8 Å². The molecule has 1 rings (SSSR count). The van der Waals surface area contributed by atoms with Gasteiger partial charge in [0.1, 0.15) is 6.61 Å². The molecule has 0 bridgehead atoms. The molecular formula is C13H15Cl3N2O7. The van der Waals surface area contributed by atoms with Crippen molar-refractivity contribution in [3.8, 4) is 0 Å². The number of nitrogens with zero attached hydrogens (tertiary/aromatic N) is 1. The Bertz CT molecular complexity index is 561. The Hall–Kier alpha value is -1.47. The van der Waals surface area contributed by atoms with E-state index < -0.39 is 52.9 Å². The number of halogens is 3. The van der Waals surface area contributed by atoms with E-state index in [1.807, 2.05) is 0 Å². The minimum absolute atomic E-state index is 0.189. The fourth-order valence-electron chi connectivity index (χ4n) is 2.04. The molecule has 1 saturated heterocycles. The van der Waals surface area contributed by atoms with Crippen molar-refractivity contribution in [1.29, 1.82) is 0 Å². The first kappa shape index (κ1) is 21.6. The van der Waals surface area contributed by atoms with Crippen molar-refractivity contribution in [2.24, 2.45) is 0 Å². The second-order valence-corrected chi connectivity index (χ2v) is 7.45. The molecule has 0 aromatic heterocycles. The van der Waals surface area contributed by atoms with E-state index in [1.165, 1.54) is 0 Å². The summed E-state index contributed by atoms with van der Waals surface area (Å²) in [7, 11) is 0. The lowest BCUT2D eigenvalue weighted by molar-refractivity contribution is -0.189. The second-order valence-electron chi connectivity index (χ2n) is 4.94. The van der Waals surface area contributed by atoms with Crippen LogP contribution in [0, 0.1) is 6.57 Å². The number of ether oxygens (including phenoxy) is 4. The minimum Gasteiger partial charge on any atom is -0.456 e. The molecular weight excluding hydrogens is 403 g/mol. The fourth-order valence-corrected chi connectivity index (χ4v) is 2.20. The molecule has 0 spiro atoms. The average Bonchev–Trinajstić information content (AvgIpc) is 2.47. The molecule has 9 nitrogen and oxygen atoms in total. The molecule has 1 aliphatic heterocycles. The first-order valence-electron chi connectivity index (χ1n) is 6.86. The number of rotatable bonds is 4. The summed E-state index contributed by atoms with van der Waals surface area (Å²) >= 11 is 16.4. The van der Waals surface area contributed by atoms with E-state index in [4.69, 9.17) is 60.3 Å². The third kappa shape index (κ3) is 7.52. The van der Waals surface area contributed by atoms with Gasteiger partial charge in [0.25, 0.3) is 0 Å². The summed E-state index contributed by atoms with van der Waals surface area (Å²) in [5.41, 5.74) is 0. The lowest BCUT2D eigenvalue weighted by Crippen LogP contribution is -2.61. The van der Waals surface area contributed by atoms with Crippen molar-refractivity contribution in [2.45, 2.75) is 42.1 Å². The van der Waals surface area contributed by atoms with Gasteiger partial charge in [-0.15, -0.1) is 0 Å². The Kier molecular flexibility index (Phi) is 8.02.